The quantitative estimate of drug-likeness (QED) is 0.577. The van der Waals surface area contributed by atoms with Gasteiger partial charge in [0.15, 0.2) is 0 Å². The van der Waals surface area contributed by atoms with Crippen molar-refractivity contribution in [2.75, 3.05) is 0 Å². The van der Waals surface area contributed by atoms with Crippen LogP contribution in [0.15, 0.2) is 60.9 Å². The summed E-state index contributed by atoms with van der Waals surface area (Å²) in [5.41, 5.74) is 4.25. The highest BCUT2D eigenvalue weighted by atomic mass is 79.9. The van der Waals surface area contributed by atoms with Crippen molar-refractivity contribution in [1.29, 1.82) is 0 Å². The molecule has 0 aliphatic carbocycles. The molecule has 0 aliphatic rings. The average Bonchev–Trinajstić information content (AvgIpc) is 3.00. The van der Waals surface area contributed by atoms with Crippen molar-refractivity contribution < 1.29 is 0 Å². The molecule has 3 aromatic rings. The lowest BCUT2D eigenvalue weighted by Crippen LogP contribution is -1.95. The van der Waals surface area contributed by atoms with Gasteiger partial charge in [-0.1, -0.05) is 63.9 Å². The Balaban J connectivity index is 1.95. The molecule has 0 amide bonds. The lowest BCUT2D eigenvalue weighted by molar-refractivity contribution is 0.880. The molecule has 1 heterocycles. The van der Waals surface area contributed by atoms with Gasteiger partial charge in [0.2, 0.25) is 0 Å². The van der Waals surface area contributed by atoms with Crippen molar-refractivity contribution in [3.8, 4) is 5.69 Å². The number of hydrogen-bond acceptors (Lipinski definition) is 1. The minimum absolute atomic E-state index is 0.0300. The molecule has 4 heteroatoms. The summed E-state index contributed by atoms with van der Waals surface area (Å²) in [6.45, 7) is 2.01. The first-order valence-electron chi connectivity index (χ1n) is 6.66. The van der Waals surface area contributed by atoms with E-state index in [4.69, 9.17) is 11.6 Å². The minimum atomic E-state index is 0.0300. The molecule has 1 atom stereocenters. The number of benzene rings is 2. The standard InChI is InChI=1S/C17H14BrClN2/c1-12-6-5-9-15(17(12)19)16(18)13-10-20-21(11-13)14-7-3-2-4-8-14/h2-11,16H,1H3. The fraction of sp³-hybridized carbons (Fsp3) is 0.118. The Labute approximate surface area is 137 Å². The van der Waals surface area contributed by atoms with Crippen LogP contribution >= 0.6 is 27.5 Å². The van der Waals surface area contributed by atoms with Crippen molar-refractivity contribution in [1.82, 2.24) is 9.78 Å². The Morgan fingerprint density at radius 1 is 1.10 bits per heavy atom. The molecular formula is C17H14BrClN2. The molecule has 1 aromatic heterocycles. The van der Waals surface area contributed by atoms with Crippen molar-refractivity contribution in [3.05, 3.63) is 82.6 Å². The monoisotopic (exact) mass is 360 g/mol. The maximum atomic E-state index is 6.40. The molecule has 0 fully saturated rings. The van der Waals surface area contributed by atoms with Crippen molar-refractivity contribution in [2.24, 2.45) is 0 Å². The normalized spacial score (nSPS) is 12.3. The van der Waals surface area contributed by atoms with E-state index < -0.39 is 0 Å². The molecule has 0 spiro atoms. The fourth-order valence-corrected chi connectivity index (χ4v) is 3.22. The van der Waals surface area contributed by atoms with Gasteiger partial charge in [-0.3, -0.25) is 0 Å². The van der Waals surface area contributed by atoms with E-state index >= 15 is 0 Å². The van der Waals surface area contributed by atoms with E-state index in [9.17, 15) is 0 Å². The van der Waals surface area contributed by atoms with Gasteiger partial charge >= 0.3 is 0 Å². The number of alkyl halides is 1. The summed E-state index contributed by atoms with van der Waals surface area (Å²) in [4.78, 5) is 0.0300. The van der Waals surface area contributed by atoms with Crippen LogP contribution in [0.1, 0.15) is 21.5 Å². The molecule has 3 rings (SSSR count). The number of para-hydroxylation sites is 1. The third kappa shape index (κ3) is 2.89. The second-order valence-corrected chi connectivity index (χ2v) is 6.19. The summed E-state index contributed by atoms with van der Waals surface area (Å²) >= 11 is 10.1. The Bertz CT molecular complexity index is 752. The summed E-state index contributed by atoms with van der Waals surface area (Å²) in [6, 6.07) is 16.1. The Hall–Kier alpha value is -1.58. The highest BCUT2D eigenvalue weighted by Crippen LogP contribution is 2.36. The molecule has 106 valence electrons. The van der Waals surface area contributed by atoms with Gasteiger partial charge in [-0.25, -0.2) is 4.68 Å². The molecule has 2 nitrogen and oxygen atoms in total. The van der Waals surface area contributed by atoms with E-state index in [1.54, 1.807) is 0 Å². The largest absolute Gasteiger partial charge is 0.241 e. The second kappa shape index (κ2) is 6.04. The van der Waals surface area contributed by atoms with Gasteiger partial charge in [-0.2, -0.15) is 5.10 Å². The Morgan fingerprint density at radius 2 is 1.86 bits per heavy atom. The number of aryl methyl sites for hydroxylation is 1. The predicted octanol–water partition coefficient (Wildman–Crippen LogP) is 5.32. The van der Waals surface area contributed by atoms with Gasteiger partial charge in [0.05, 0.1) is 16.7 Å². The molecule has 1 unspecified atom stereocenters. The lowest BCUT2D eigenvalue weighted by atomic mass is 10.1. The number of hydrogen-bond donors (Lipinski definition) is 0. The van der Waals surface area contributed by atoms with Crippen LogP contribution in [0.3, 0.4) is 0 Å². The number of halogens is 2. The highest BCUT2D eigenvalue weighted by molar-refractivity contribution is 9.09. The summed E-state index contributed by atoms with van der Waals surface area (Å²) in [5.74, 6) is 0. The van der Waals surface area contributed by atoms with Gasteiger partial charge in [0.1, 0.15) is 0 Å². The molecule has 0 N–H and O–H groups in total. The van der Waals surface area contributed by atoms with E-state index in [0.717, 1.165) is 27.4 Å². The van der Waals surface area contributed by atoms with Gasteiger partial charge in [0, 0.05) is 16.8 Å². The zero-order valence-corrected chi connectivity index (χ0v) is 13.8. The number of nitrogens with zero attached hydrogens (tertiary/aromatic N) is 2. The van der Waals surface area contributed by atoms with Gasteiger partial charge < -0.3 is 0 Å². The average molecular weight is 362 g/mol. The second-order valence-electron chi connectivity index (χ2n) is 4.89. The maximum absolute atomic E-state index is 6.40. The van der Waals surface area contributed by atoms with E-state index in [-0.39, 0.29) is 4.83 Å². The van der Waals surface area contributed by atoms with Crippen LogP contribution in [0.5, 0.6) is 0 Å². The van der Waals surface area contributed by atoms with Crippen molar-refractivity contribution in [2.45, 2.75) is 11.8 Å². The zero-order chi connectivity index (χ0) is 14.8. The maximum Gasteiger partial charge on any atom is 0.0690 e. The molecule has 0 radical (unpaired) electrons. The van der Waals surface area contributed by atoms with Crippen molar-refractivity contribution >= 4 is 27.5 Å². The van der Waals surface area contributed by atoms with Crippen LogP contribution < -0.4 is 0 Å². The summed E-state index contributed by atoms with van der Waals surface area (Å²) in [5, 5.41) is 5.23. The Morgan fingerprint density at radius 3 is 2.62 bits per heavy atom. The first-order chi connectivity index (χ1) is 10.2. The zero-order valence-electron chi connectivity index (χ0n) is 11.5. The van der Waals surface area contributed by atoms with Crippen LogP contribution in [0.25, 0.3) is 5.69 Å². The van der Waals surface area contributed by atoms with Gasteiger partial charge in [0.25, 0.3) is 0 Å². The molecule has 0 saturated heterocycles. The minimum Gasteiger partial charge on any atom is -0.241 e. The van der Waals surface area contributed by atoms with Crippen LogP contribution in [0.4, 0.5) is 0 Å². The highest BCUT2D eigenvalue weighted by Gasteiger charge is 2.16. The van der Waals surface area contributed by atoms with E-state index in [2.05, 4.69) is 21.0 Å². The summed E-state index contributed by atoms with van der Waals surface area (Å²) < 4.78 is 1.87. The molecular weight excluding hydrogens is 348 g/mol. The van der Waals surface area contributed by atoms with Crippen LogP contribution in [0.2, 0.25) is 5.02 Å². The van der Waals surface area contributed by atoms with Crippen molar-refractivity contribution in [3.63, 3.8) is 0 Å². The fourth-order valence-electron chi connectivity index (χ4n) is 2.23. The van der Waals surface area contributed by atoms with E-state index in [0.29, 0.717) is 0 Å². The third-order valence-corrected chi connectivity index (χ3v) is 4.95. The molecule has 2 aromatic carbocycles. The van der Waals surface area contributed by atoms with Gasteiger partial charge in [-0.15, -0.1) is 0 Å². The third-order valence-electron chi connectivity index (χ3n) is 3.41. The predicted molar refractivity (Wildman–Crippen MR) is 90.5 cm³/mol. The smallest absolute Gasteiger partial charge is 0.0690 e. The Kier molecular flexibility index (Phi) is 4.13. The molecule has 0 saturated carbocycles. The first-order valence-corrected chi connectivity index (χ1v) is 7.95. The van der Waals surface area contributed by atoms with Crippen LogP contribution in [-0.2, 0) is 0 Å². The topological polar surface area (TPSA) is 17.8 Å². The summed E-state index contributed by atoms with van der Waals surface area (Å²) in [7, 11) is 0. The van der Waals surface area contributed by atoms with Crippen LogP contribution in [0, 0.1) is 6.92 Å². The lowest BCUT2D eigenvalue weighted by Gasteiger charge is -2.11. The first kappa shape index (κ1) is 14.4. The number of rotatable bonds is 3. The SMILES string of the molecule is Cc1cccc(C(Br)c2cnn(-c3ccccc3)c2)c1Cl. The number of aromatic nitrogens is 2. The molecule has 0 aliphatic heterocycles. The molecule has 0 bridgehead atoms. The summed E-state index contributed by atoms with van der Waals surface area (Å²) in [6.07, 6.45) is 3.89. The van der Waals surface area contributed by atoms with E-state index in [1.807, 2.05) is 72.5 Å². The van der Waals surface area contributed by atoms with Crippen LogP contribution in [-0.4, -0.2) is 9.78 Å². The van der Waals surface area contributed by atoms with E-state index in [1.165, 1.54) is 0 Å². The van der Waals surface area contributed by atoms with Gasteiger partial charge in [-0.05, 0) is 30.2 Å². The molecule has 21 heavy (non-hydrogen) atoms.